The molecule has 1 unspecified atom stereocenters. The molecule has 0 aliphatic carbocycles. The average molecular weight is 759 g/mol. The van der Waals surface area contributed by atoms with Crippen LogP contribution in [0.3, 0.4) is 0 Å². The van der Waals surface area contributed by atoms with Gasteiger partial charge in [0, 0.05) is 37.0 Å². The number of nitrogens with one attached hydrogen (secondary N) is 3. The number of nitrogens with zero attached hydrogens (tertiary/aromatic N) is 4. The third kappa shape index (κ3) is 8.69. The summed E-state index contributed by atoms with van der Waals surface area (Å²) in [6.45, 7) is 13.4. The number of rotatable bonds is 3. The Bertz CT molecular complexity index is 1660. The molecule has 2 atom stereocenters. The number of alkyl halides is 2. The molecule has 4 aliphatic heterocycles. The molecule has 2 saturated heterocycles. The van der Waals surface area contributed by atoms with E-state index < -0.39 is 39.7 Å². The third-order valence-corrected chi connectivity index (χ3v) is 13.6. The van der Waals surface area contributed by atoms with E-state index in [9.17, 15) is 0 Å². The molecule has 6 bridgehead atoms. The van der Waals surface area contributed by atoms with Crippen LogP contribution in [0.15, 0.2) is 54.7 Å². The van der Waals surface area contributed by atoms with Crippen molar-refractivity contribution in [1.82, 2.24) is 25.7 Å². The molecule has 1 aromatic carbocycles. The molecule has 1 aromatic heterocycles. The van der Waals surface area contributed by atoms with Crippen molar-refractivity contribution in [3.63, 3.8) is 0 Å². The number of hydrazine groups is 1. The number of thiol groups is 1. The fourth-order valence-corrected chi connectivity index (χ4v) is 9.21. The summed E-state index contributed by atoms with van der Waals surface area (Å²) in [7, 11) is 2.12. The molecule has 0 saturated carbocycles. The summed E-state index contributed by atoms with van der Waals surface area (Å²) >= 11 is 5.12. The first-order valence-corrected chi connectivity index (χ1v) is 20.5. The van der Waals surface area contributed by atoms with Gasteiger partial charge in [-0.15, -0.1) is 0 Å². The smallest absolute Gasteiger partial charge is 0.278 e. The summed E-state index contributed by atoms with van der Waals surface area (Å²) in [5.41, 5.74) is 14.3. The lowest BCUT2D eigenvalue weighted by Crippen LogP contribution is -2.53. The van der Waals surface area contributed by atoms with E-state index in [0.717, 1.165) is 36.3 Å². The van der Waals surface area contributed by atoms with Crippen LogP contribution in [0, 0.1) is 17.7 Å². The summed E-state index contributed by atoms with van der Waals surface area (Å²) in [6.07, 6.45) is 11.1. The highest BCUT2D eigenvalue weighted by Crippen LogP contribution is 2.45. The fourth-order valence-electron chi connectivity index (χ4n) is 7.52. The quantitative estimate of drug-likeness (QED) is 0.123. The number of fused-ring (bicyclic) bond motifs is 11. The SMILES string of the molecule is C=C/C(=C\c1c2ncnc1N(C)C(C)(S)CCCNN/C=C(\N)C(C)(C)N1CCC(CC1)C(F)(F)c1cccc(c1F)[C@@H](C)N2)C1CCS(=C)CC1. The maximum absolute atomic E-state index is 16.4. The van der Waals surface area contributed by atoms with Crippen LogP contribution in [0.5, 0.6) is 0 Å². The molecular weight excluding hydrogens is 702 g/mol. The van der Waals surface area contributed by atoms with Crippen molar-refractivity contribution >= 4 is 46.7 Å². The van der Waals surface area contributed by atoms with Gasteiger partial charge in [0.05, 0.1) is 27.6 Å². The Balaban J connectivity index is 1.57. The van der Waals surface area contributed by atoms with E-state index in [2.05, 4.69) is 44.6 Å². The van der Waals surface area contributed by atoms with E-state index in [4.69, 9.17) is 23.3 Å². The van der Waals surface area contributed by atoms with E-state index in [-0.39, 0.29) is 28.9 Å². The van der Waals surface area contributed by atoms with Gasteiger partial charge in [-0.25, -0.2) is 28.6 Å². The van der Waals surface area contributed by atoms with Crippen LogP contribution in [0.2, 0.25) is 0 Å². The fraction of sp³-hybridized carbons (Fsp3) is 0.564. The molecule has 5 heterocycles. The summed E-state index contributed by atoms with van der Waals surface area (Å²) < 4.78 is 48.9. The molecule has 6 rings (SSSR count). The second-order valence-corrected chi connectivity index (χ2v) is 18.2. The number of aromatic nitrogens is 2. The van der Waals surface area contributed by atoms with Crippen LogP contribution < -0.4 is 26.8 Å². The van der Waals surface area contributed by atoms with Crippen molar-refractivity contribution in [3.05, 3.63) is 77.2 Å². The lowest BCUT2D eigenvalue weighted by Gasteiger charge is -2.44. The molecule has 2 aromatic rings. The van der Waals surface area contributed by atoms with Gasteiger partial charge in [0.15, 0.2) is 0 Å². The molecule has 5 N–H and O–H groups in total. The predicted octanol–water partition coefficient (Wildman–Crippen LogP) is 7.82. The Labute approximate surface area is 316 Å². The number of benzene rings is 1. The first-order valence-electron chi connectivity index (χ1n) is 18.3. The highest BCUT2D eigenvalue weighted by molar-refractivity contribution is 8.14. The van der Waals surface area contributed by atoms with Crippen molar-refractivity contribution in [2.45, 2.75) is 88.6 Å². The van der Waals surface area contributed by atoms with Crippen molar-refractivity contribution in [1.29, 1.82) is 0 Å². The number of allylic oxidation sites excluding steroid dienone is 2. The number of piperidine rings is 1. The number of nitrogens with two attached hydrogens (primary N) is 1. The maximum atomic E-state index is 16.4. The maximum Gasteiger partial charge on any atom is 0.278 e. The molecule has 0 spiro atoms. The van der Waals surface area contributed by atoms with Crippen LogP contribution in [-0.4, -0.2) is 69.3 Å². The number of hydrogen-bond acceptors (Lipinski definition) is 9. The van der Waals surface area contributed by atoms with Crippen LogP contribution in [0.1, 0.15) is 89.0 Å². The van der Waals surface area contributed by atoms with Crippen molar-refractivity contribution in [3.8, 4) is 0 Å². The molecule has 13 heteroatoms. The first kappa shape index (κ1) is 40.2. The minimum absolute atomic E-state index is 0.147. The van der Waals surface area contributed by atoms with Gasteiger partial charge in [-0.3, -0.25) is 4.90 Å². The molecule has 2 fully saturated rings. The van der Waals surface area contributed by atoms with Crippen LogP contribution >= 0.6 is 23.1 Å². The minimum Gasteiger partial charge on any atom is -0.399 e. The molecule has 52 heavy (non-hydrogen) atoms. The second-order valence-electron chi connectivity index (χ2n) is 15.2. The Morgan fingerprint density at radius 1 is 1.12 bits per heavy atom. The zero-order chi connectivity index (χ0) is 37.8. The van der Waals surface area contributed by atoms with Gasteiger partial charge in [0.25, 0.3) is 5.92 Å². The highest BCUT2D eigenvalue weighted by Gasteiger charge is 2.46. The van der Waals surface area contributed by atoms with Gasteiger partial charge in [0.2, 0.25) is 0 Å². The molecule has 0 radical (unpaired) electrons. The topological polar surface area (TPSA) is 94.4 Å². The molecule has 0 amide bonds. The van der Waals surface area contributed by atoms with Crippen molar-refractivity contribution in [2.24, 2.45) is 17.6 Å². The number of anilines is 2. The predicted molar refractivity (Wildman–Crippen MR) is 217 cm³/mol. The van der Waals surface area contributed by atoms with Crippen molar-refractivity contribution < 1.29 is 13.2 Å². The monoisotopic (exact) mass is 758 g/mol. The zero-order valence-electron chi connectivity index (χ0n) is 31.3. The van der Waals surface area contributed by atoms with Gasteiger partial charge in [-0.05, 0) is 108 Å². The second kappa shape index (κ2) is 16.6. The molecule has 286 valence electrons. The molecule has 8 nitrogen and oxygen atoms in total. The third-order valence-electron chi connectivity index (χ3n) is 11.4. The summed E-state index contributed by atoms with van der Waals surface area (Å²) in [4.78, 5) is 12.9. The Morgan fingerprint density at radius 3 is 2.48 bits per heavy atom. The Morgan fingerprint density at radius 2 is 1.81 bits per heavy atom. The van der Waals surface area contributed by atoms with Crippen LogP contribution in [0.4, 0.5) is 24.8 Å². The Kier molecular flexibility index (Phi) is 12.8. The molecular formula is C39H57F3N8S2. The van der Waals surface area contributed by atoms with E-state index in [1.54, 1.807) is 19.2 Å². The highest BCUT2D eigenvalue weighted by atomic mass is 32.2. The van der Waals surface area contributed by atoms with E-state index >= 15 is 13.2 Å². The van der Waals surface area contributed by atoms with E-state index in [1.807, 2.05) is 38.8 Å². The number of hydrogen-bond donors (Lipinski definition) is 5. The van der Waals surface area contributed by atoms with Gasteiger partial charge < -0.3 is 21.4 Å². The summed E-state index contributed by atoms with van der Waals surface area (Å²) in [6, 6.07) is 3.62. The summed E-state index contributed by atoms with van der Waals surface area (Å²) in [5, 5.41) is 3.39. The minimum atomic E-state index is -3.36. The van der Waals surface area contributed by atoms with E-state index in [1.165, 1.54) is 18.5 Å². The summed E-state index contributed by atoms with van der Waals surface area (Å²) in [5.74, 6) is 2.57. The normalized spacial score (nSPS) is 31.4. The lowest BCUT2D eigenvalue weighted by atomic mass is 9.83. The van der Waals surface area contributed by atoms with E-state index in [0.29, 0.717) is 54.9 Å². The average Bonchev–Trinajstić information content (AvgIpc) is 3.12. The van der Waals surface area contributed by atoms with Gasteiger partial charge in [-0.1, -0.05) is 36.7 Å². The van der Waals surface area contributed by atoms with Crippen molar-refractivity contribution in [2.75, 3.05) is 48.4 Å². The number of halogens is 3. The Hall–Kier alpha value is -3.00. The van der Waals surface area contributed by atoms with Crippen LogP contribution in [-0.2, 0) is 5.92 Å². The van der Waals surface area contributed by atoms with Crippen LogP contribution in [0.25, 0.3) is 6.08 Å². The van der Waals surface area contributed by atoms with Gasteiger partial charge >= 0.3 is 0 Å². The van der Waals surface area contributed by atoms with Gasteiger partial charge in [0.1, 0.15) is 23.8 Å². The standard InChI is InChI=1S/C39H57F3N8S2/c1-8-27(28-15-21-52(7)22-16-28)23-31-35-44-25-45-36(31)49(6)38(5,51)17-10-18-46-47-24-33(43)37(3,4)50-19-13-29(14-20-50)39(41,42)32-12-9-11-30(34(32)40)26(2)48-35/h8-9,11-12,23-26,28-29,46-47,51H,1,7,10,13-22,43H2,2-6H3,(H,44,45,48)/b27-23+,33-24-/t26-,28?,38?,52?/m1/s1. The molecule has 4 aliphatic rings. The van der Waals surface area contributed by atoms with Gasteiger partial charge in [-0.2, -0.15) is 23.1 Å². The largest absolute Gasteiger partial charge is 0.399 e. The zero-order valence-corrected chi connectivity index (χ0v) is 33.0. The first-order chi connectivity index (χ1) is 24.6. The lowest BCUT2D eigenvalue weighted by molar-refractivity contribution is -0.0935.